The van der Waals surface area contributed by atoms with Crippen LogP contribution < -0.4 is 5.32 Å². The second kappa shape index (κ2) is 7.24. The summed E-state index contributed by atoms with van der Waals surface area (Å²) in [7, 11) is 1.44. The molecule has 2 amide bonds. The minimum absolute atomic E-state index is 0.0359. The molecule has 0 aliphatic rings. The van der Waals surface area contributed by atoms with Crippen molar-refractivity contribution in [3.63, 3.8) is 0 Å². The molecule has 2 N–H and O–H groups in total. The average Bonchev–Trinajstić information content (AvgIpc) is 3.00. The first-order valence-corrected chi connectivity index (χ1v) is 7.13. The van der Waals surface area contributed by atoms with E-state index in [2.05, 4.69) is 10.4 Å². The van der Waals surface area contributed by atoms with Gasteiger partial charge in [-0.2, -0.15) is 18.3 Å². The number of hydrogen-bond donors (Lipinski definition) is 2. The van der Waals surface area contributed by atoms with E-state index in [1.165, 1.54) is 41.2 Å². The van der Waals surface area contributed by atoms with Crippen LogP contribution in [0.5, 0.6) is 0 Å². The summed E-state index contributed by atoms with van der Waals surface area (Å²) < 4.78 is 39.0. The van der Waals surface area contributed by atoms with Crippen LogP contribution in [-0.4, -0.2) is 45.4 Å². The Labute approximate surface area is 140 Å². The summed E-state index contributed by atoms with van der Waals surface area (Å²) in [5.41, 5.74) is -0.0446. The number of anilines is 1. The molecule has 1 aromatic carbocycles. The minimum atomic E-state index is -4.41. The summed E-state index contributed by atoms with van der Waals surface area (Å²) in [4.78, 5) is 23.6. The van der Waals surface area contributed by atoms with Crippen molar-refractivity contribution >= 4 is 17.7 Å². The Hall–Kier alpha value is -3.04. The molecule has 0 fully saturated rings. The number of aromatic nitrogens is 2. The van der Waals surface area contributed by atoms with Crippen LogP contribution in [0, 0.1) is 0 Å². The summed E-state index contributed by atoms with van der Waals surface area (Å²) in [6.07, 6.45) is -1.83. The van der Waals surface area contributed by atoms with Gasteiger partial charge < -0.3 is 15.3 Å². The number of urea groups is 1. The fourth-order valence-electron chi connectivity index (χ4n) is 1.92. The average molecular weight is 356 g/mol. The van der Waals surface area contributed by atoms with E-state index < -0.39 is 23.7 Å². The zero-order chi connectivity index (χ0) is 18.6. The topological polar surface area (TPSA) is 87.5 Å². The molecule has 25 heavy (non-hydrogen) atoms. The zero-order valence-electron chi connectivity index (χ0n) is 13.1. The summed E-state index contributed by atoms with van der Waals surface area (Å²) in [6, 6.07) is 3.89. The van der Waals surface area contributed by atoms with Crippen molar-refractivity contribution in [1.82, 2.24) is 14.7 Å². The number of alkyl halides is 3. The van der Waals surface area contributed by atoms with Crippen molar-refractivity contribution in [3.8, 4) is 5.69 Å². The molecule has 0 aliphatic carbocycles. The molecular weight excluding hydrogens is 341 g/mol. The SMILES string of the molecule is CN(CCC(=O)O)C(=O)Nc1cnn(-c2ccc(C(F)(F)F)cc2)c1. The van der Waals surface area contributed by atoms with E-state index in [4.69, 9.17) is 5.11 Å². The van der Waals surface area contributed by atoms with Gasteiger partial charge in [0.1, 0.15) is 0 Å². The van der Waals surface area contributed by atoms with E-state index >= 15 is 0 Å². The van der Waals surface area contributed by atoms with E-state index in [0.717, 1.165) is 12.1 Å². The van der Waals surface area contributed by atoms with Gasteiger partial charge in [0.15, 0.2) is 0 Å². The van der Waals surface area contributed by atoms with Crippen LogP contribution in [0.4, 0.5) is 23.7 Å². The van der Waals surface area contributed by atoms with Crippen LogP contribution in [-0.2, 0) is 11.0 Å². The Morgan fingerprint density at radius 2 is 1.92 bits per heavy atom. The Morgan fingerprint density at radius 1 is 1.28 bits per heavy atom. The molecule has 10 heteroatoms. The molecular formula is C15H15F3N4O3. The molecule has 0 unspecified atom stereocenters. The fraction of sp³-hybridized carbons (Fsp3) is 0.267. The molecule has 0 bridgehead atoms. The predicted molar refractivity (Wildman–Crippen MR) is 82.5 cm³/mol. The zero-order valence-corrected chi connectivity index (χ0v) is 13.1. The second-order valence-electron chi connectivity index (χ2n) is 5.21. The number of carboxylic acid groups (broad SMARTS) is 1. The van der Waals surface area contributed by atoms with Gasteiger partial charge in [-0.1, -0.05) is 0 Å². The van der Waals surface area contributed by atoms with E-state index in [1.807, 2.05) is 0 Å². The first-order valence-electron chi connectivity index (χ1n) is 7.13. The number of halogens is 3. The highest BCUT2D eigenvalue weighted by molar-refractivity contribution is 5.89. The summed E-state index contributed by atoms with van der Waals surface area (Å²) >= 11 is 0. The molecule has 134 valence electrons. The van der Waals surface area contributed by atoms with Crippen molar-refractivity contribution in [2.45, 2.75) is 12.6 Å². The lowest BCUT2D eigenvalue weighted by molar-refractivity contribution is -0.138. The highest BCUT2D eigenvalue weighted by Crippen LogP contribution is 2.29. The van der Waals surface area contributed by atoms with Gasteiger partial charge in [0.05, 0.1) is 35.8 Å². The number of carboxylic acids is 1. The second-order valence-corrected chi connectivity index (χ2v) is 5.21. The summed E-state index contributed by atoms with van der Waals surface area (Å²) in [5.74, 6) is -1.02. The molecule has 1 heterocycles. The standard InChI is InChI=1S/C15H15F3N4O3/c1-21(7-6-13(23)24)14(25)20-11-8-19-22(9-11)12-4-2-10(3-5-12)15(16,17)18/h2-5,8-9H,6-7H2,1H3,(H,20,25)(H,23,24). The lowest BCUT2D eigenvalue weighted by Gasteiger charge is -2.15. The van der Waals surface area contributed by atoms with Crippen LogP contribution in [0.2, 0.25) is 0 Å². The molecule has 2 rings (SSSR count). The molecule has 0 saturated heterocycles. The summed E-state index contributed by atoms with van der Waals surface area (Å²) in [5, 5.41) is 15.1. The van der Waals surface area contributed by atoms with Crippen molar-refractivity contribution in [3.05, 3.63) is 42.2 Å². The normalized spacial score (nSPS) is 11.2. The minimum Gasteiger partial charge on any atom is -0.481 e. The number of aliphatic carboxylic acids is 1. The molecule has 0 spiro atoms. The quantitative estimate of drug-likeness (QED) is 0.862. The smallest absolute Gasteiger partial charge is 0.416 e. The molecule has 0 saturated carbocycles. The highest BCUT2D eigenvalue weighted by atomic mass is 19.4. The Balaban J connectivity index is 2.02. The number of amides is 2. The van der Waals surface area contributed by atoms with Gasteiger partial charge >= 0.3 is 18.2 Å². The first-order chi connectivity index (χ1) is 11.7. The Morgan fingerprint density at radius 3 is 2.48 bits per heavy atom. The van der Waals surface area contributed by atoms with Crippen LogP contribution >= 0.6 is 0 Å². The van der Waals surface area contributed by atoms with E-state index in [9.17, 15) is 22.8 Å². The third-order valence-electron chi connectivity index (χ3n) is 3.30. The molecule has 7 nitrogen and oxygen atoms in total. The van der Waals surface area contributed by atoms with Gasteiger partial charge in [0.25, 0.3) is 0 Å². The number of nitrogens with zero attached hydrogens (tertiary/aromatic N) is 3. The predicted octanol–water partition coefficient (Wildman–Crippen LogP) is 2.83. The van der Waals surface area contributed by atoms with Crippen LogP contribution in [0.3, 0.4) is 0 Å². The maximum absolute atomic E-state index is 12.5. The molecule has 0 aliphatic heterocycles. The lowest BCUT2D eigenvalue weighted by Crippen LogP contribution is -2.32. The number of rotatable bonds is 5. The maximum Gasteiger partial charge on any atom is 0.416 e. The van der Waals surface area contributed by atoms with E-state index in [1.54, 1.807) is 0 Å². The van der Waals surface area contributed by atoms with Gasteiger partial charge in [-0.3, -0.25) is 4.79 Å². The third kappa shape index (κ3) is 4.96. The number of nitrogens with one attached hydrogen (secondary N) is 1. The van der Waals surface area contributed by atoms with E-state index in [0.29, 0.717) is 11.4 Å². The van der Waals surface area contributed by atoms with Crippen molar-refractivity contribution < 1.29 is 27.9 Å². The maximum atomic E-state index is 12.5. The molecule has 0 atom stereocenters. The van der Waals surface area contributed by atoms with Crippen LogP contribution in [0.25, 0.3) is 5.69 Å². The highest BCUT2D eigenvalue weighted by Gasteiger charge is 2.30. The van der Waals surface area contributed by atoms with Crippen LogP contribution in [0.1, 0.15) is 12.0 Å². The van der Waals surface area contributed by atoms with Gasteiger partial charge in [-0.05, 0) is 24.3 Å². The largest absolute Gasteiger partial charge is 0.481 e. The van der Waals surface area contributed by atoms with Gasteiger partial charge in [0.2, 0.25) is 0 Å². The lowest BCUT2D eigenvalue weighted by atomic mass is 10.2. The number of carbonyl (C=O) groups excluding carboxylic acids is 1. The van der Waals surface area contributed by atoms with Crippen molar-refractivity contribution in [2.24, 2.45) is 0 Å². The molecule has 1 aromatic heterocycles. The number of benzene rings is 1. The van der Waals surface area contributed by atoms with Gasteiger partial charge in [-0.15, -0.1) is 0 Å². The fourth-order valence-corrected chi connectivity index (χ4v) is 1.92. The molecule has 0 radical (unpaired) electrons. The third-order valence-corrected chi connectivity index (χ3v) is 3.30. The molecule has 2 aromatic rings. The van der Waals surface area contributed by atoms with Gasteiger partial charge in [-0.25, -0.2) is 9.48 Å². The number of carbonyl (C=O) groups is 2. The Bertz CT molecular complexity index is 756. The monoisotopic (exact) mass is 356 g/mol. The Kier molecular flexibility index (Phi) is 5.30. The van der Waals surface area contributed by atoms with E-state index in [-0.39, 0.29) is 13.0 Å². The first kappa shape index (κ1) is 18.3. The van der Waals surface area contributed by atoms with Gasteiger partial charge in [0, 0.05) is 13.6 Å². The van der Waals surface area contributed by atoms with Crippen molar-refractivity contribution in [2.75, 3.05) is 18.9 Å². The van der Waals surface area contributed by atoms with Crippen molar-refractivity contribution in [1.29, 1.82) is 0 Å². The summed E-state index contributed by atoms with van der Waals surface area (Å²) in [6.45, 7) is 0.0359. The number of hydrogen-bond acceptors (Lipinski definition) is 3. The van der Waals surface area contributed by atoms with Crippen LogP contribution in [0.15, 0.2) is 36.7 Å².